The zero-order valence-corrected chi connectivity index (χ0v) is 59.0. The van der Waals surface area contributed by atoms with Crippen LogP contribution in [0.4, 0.5) is 0 Å². The summed E-state index contributed by atoms with van der Waals surface area (Å²) in [5.41, 5.74) is 0. The van der Waals surface area contributed by atoms with Crippen molar-refractivity contribution < 1.29 is 39.8 Å². The van der Waals surface area contributed by atoms with Gasteiger partial charge in [-0.3, -0.25) is 4.79 Å². The lowest BCUT2D eigenvalue weighted by atomic mass is 9.99. The van der Waals surface area contributed by atoms with Gasteiger partial charge in [-0.1, -0.05) is 418 Å². The van der Waals surface area contributed by atoms with E-state index in [1.54, 1.807) is 6.08 Å². The fraction of sp³-hybridized carbons (Fsp3) is 0.962. The normalized spacial score (nSPS) is 17.8. The second-order valence-corrected chi connectivity index (χ2v) is 28.2. The molecule has 9 nitrogen and oxygen atoms in total. The molecule has 0 aromatic rings. The minimum atomic E-state index is -1.57. The molecule has 0 bridgehead atoms. The van der Waals surface area contributed by atoms with Gasteiger partial charge in [-0.05, 0) is 19.3 Å². The van der Waals surface area contributed by atoms with Crippen LogP contribution in [0, 0.1) is 0 Å². The van der Waals surface area contributed by atoms with Gasteiger partial charge in [-0.15, -0.1) is 0 Å². The molecule has 0 spiro atoms. The molecule has 88 heavy (non-hydrogen) atoms. The Hall–Kier alpha value is -1.07. The molecule has 7 unspecified atom stereocenters. The van der Waals surface area contributed by atoms with Gasteiger partial charge < -0.3 is 40.3 Å². The quantitative estimate of drug-likeness (QED) is 0.0261. The Morgan fingerprint density at radius 3 is 0.886 bits per heavy atom. The van der Waals surface area contributed by atoms with Crippen molar-refractivity contribution in [2.24, 2.45) is 0 Å². The third-order valence-corrected chi connectivity index (χ3v) is 19.6. The molecule has 9 heteroatoms. The maximum Gasteiger partial charge on any atom is 0.220 e. The lowest BCUT2D eigenvalue weighted by molar-refractivity contribution is -0.302. The zero-order valence-electron chi connectivity index (χ0n) is 59.0. The molecule has 0 aromatic carbocycles. The predicted octanol–water partition coefficient (Wildman–Crippen LogP) is 22.6. The van der Waals surface area contributed by atoms with Crippen molar-refractivity contribution in [3.8, 4) is 0 Å². The van der Waals surface area contributed by atoms with Crippen LogP contribution < -0.4 is 5.32 Å². The fourth-order valence-electron chi connectivity index (χ4n) is 13.4. The molecule has 7 atom stereocenters. The van der Waals surface area contributed by atoms with E-state index >= 15 is 0 Å². The van der Waals surface area contributed by atoms with Gasteiger partial charge in [0.25, 0.3) is 0 Å². The summed E-state index contributed by atoms with van der Waals surface area (Å²) in [6, 6.07) is -0.803. The Morgan fingerprint density at radius 2 is 0.625 bits per heavy atom. The first kappa shape index (κ1) is 84.9. The summed E-state index contributed by atoms with van der Waals surface area (Å²) < 4.78 is 11.3. The first-order valence-electron chi connectivity index (χ1n) is 39.9. The highest BCUT2D eigenvalue weighted by atomic mass is 16.7. The van der Waals surface area contributed by atoms with Gasteiger partial charge in [0.05, 0.1) is 25.4 Å². The molecular weight excluding hydrogens is 1090 g/mol. The van der Waals surface area contributed by atoms with Crippen LogP contribution in [0.15, 0.2) is 12.2 Å². The summed E-state index contributed by atoms with van der Waals surface area (Å²) in [7, 11) is 0. The molecular formula is C79H155NO8. The third-order valence-electron chi connectivity index (χ3n) is 19.6. The minimum absolute atomic E-state index is 0.165. The summed E-state index contributed by atoms with van der Waals surface area (Å²) in [5.74, 6) is -0.165. The number of amides is 1. The van der Waals surface area contributed by atoms with E-state index in [0.717, 1.165) is 38.5 Å². The number of aliphatic hydroxyl groups is 5. The maximum atomic E-state index is 13.2. The highest BCUT2D eigenvalue weighted by Gasteiger charge is 2.44. The van der Waals surface area contributed by atoms with Gasteiger partial charge in [-0.25, -0.2) is 0 Å². The molecule has 0 saturated carbocycles. The van der Waals surface area contributed by atoms with E-state index in [0.29, 0.717) is 6.42 Å². The standard InChI is InChI=1S/C79H155NO8/c1-3-5-7-9-11-13-15-17-19-21-23-25-27-29-31-32-33-34-35-36-37-38-39-40-41-43-45-47-49-51-53-55-57-59-61-63-65-67-69-75(83)80-72(71-87-79-78(86)77(85)76(84)74(70-81)88-79)73(82)68-66-64-62-60-58-56-54-52-50-48-46-44-42-30-28-26-24-22-20-18-16-14-12-10-8-6-4-2/h66,68,72-74,76-79,81-82,84-86H,3-65,67,69-71H2,1-2H3,(H,80,83)/b68-66+. The van der Waals surface area contributed by atoms with Crippen LogP contribution in [0.5, 0.6) is 0 Å². The zero-order chi connectivity index (χ0) is 63.5. The van der Waals surface area contributed by atoms with Gasteiger partial charge in [0.15, 0.2) is 6.29 Å². The molecule has 6 N–H and O–H groups in total. The Morgan fingerprint density at radius 1 is 0.375 bits per heavy atom. The van der Waals surface area contributed by atoms with Crippen LogP contribution in [-0.2, 0) is 14.3 Å². The first-order chi connectivity index (χ1) is 43.3. The average Bonchev–Trinajstić information content (AvgIpc) is 3.70. The smallest absolute Gasteiger partial charge is 0.220 e. The van der Waals surface area contributed by atoms with Crippen LogP contribution in [0.2, 0.25) is 0 Å². The summed E-state index contributed by atoms with van der Waals surface area (Å²) in [6.07, 6.45) is 83.7. The van der Waals surface area contributed by atoms with Crippen LogP contribution in [0.25, 0.3) is 0 Å². The van der Waals surface area contributed by atoms with E-state index in [1.807, 2.05) is 6.08 Å². The van der Waals surface area contributed by atoms with E-state index in [1.165, 1.54) is 372 Å². The molecule has 524 valence electrons. The number of nitrogens with one attached hydrogen (secondary N) is 1. The van der Waals surface area contributed by atoms with Crippen LogP contribution >= 0.6 is 0 Å². The number of carbonyl (C=O) groups excluding carboxylic acids is 1. The van der Waals surface area contributed by atoms with Crippen molar-refractivity contribution in [1.29, 1.82) is 0 Å². The molecule has 1 amide bonds. The van der Waals surface area contributed by atoms with Gasteiger partial charge in [0.1, 0.15) is 24.4 Å². The Kier molecular flexibility index (Phi) is 66.4. The van der Waals surface area contributed by atoms with Crippen molar-refractivity contribution in [1.82, 2.24) is 5.32 Å². The Balaban J connectivity index is 2.04. The number of unbranched alkanes of at least 4 members (excludes halogenated alkanes) is 62. The number of allylic oxidation sites excluding steroid dienone is 1. The van der Waals surface area contributed by atoms with Crippen LogP contribution in [-0.4, -0.2) is 87.5 Å². The van der Waals surface area contributed by atoms with Crippen molar-refractivity contribution in [3.05, 3.63) is 12.2 Å². The van der Waals surface area contributed by atoms with Crippen molar-refractivity contribution in [2.45, 2.75) is 474 Å². The van der Waals surface area contributed by atoms with E-state index in [4.69, 9.17) is 9.47 Å². The molecule has 1 aliphatic heterocycles. The van der Waals surface area contributed by atoms with Gasteiger partial charge in [0.2, 0.25) is 5.91 Å². The van der Waals surface area contributed by atoms with Crippen molar-refractivity contribution in [2.75, 3.05) is 13.2 Å². The van der Waals surface area contributed by atoms with E-state index in [9.17, 15) is 30.3 Å². The van der Waals surface area contributed by atoms with Crippen LogP contribution in [0.1, 0.15) is 431 Å². The molecule has 1 rings (SSSR count). The first-order valence-corrected chi connectivity index (χ1v) is 39.9. The molecule has 0 aliphatic carbocycles. The lowest BCUT2D eigenvalue weighted by Crippen LogP contribution is -2.60. The van der Waals surface area contributed by atoms with Crippen LogP contribution in [0.3, 0.4) is 0 Å². The maximum absolute atomic E-state index is 13.2. The summed E-state index contributed by atoms with van der Waals surface area (Å²) in [6.45, 7) is 3.86. The van der Waals surface area contributed by atoms with Crippen molar-refractivity contribution in [3.63, 3.8) is 0 Å². The highest BCUT2D eigenvalue weighted by molar-refractivity contribution is 5.76. The molecule has 1 fully saturated rings. The second kappa shape index (κ2) is 68.8. The number of carbonyl (C=O) groups is 1. The minimum Gasteiger partial charge on any atom is -0.394 e. The van der Waals surface area contributed by atoms with E-state index in [2.05, 4.69) is 19.2 Å². The SMILES string of the molecule is CCCCCCCCCCCCCCCCCCCCCCCCCCC/C=C/C(O)C(COC1OC(CO)C(O)C(O)C1O)NC(=O)CCCCCCCCCCCCCCCCCCCCCCCCCCCCCCCCCCCCCCCC. The summed E-state index contributed by atoms with van der Waals surface area (Å²) in [5, 5.41) is 54.9. The molecule has 0 radical (unpaired) electrons. The largest absolute Gasteiger partial charge is 0.394 e. The number of aliphatic hydroxyl groups excluding tert-OH is 5. The monoisotopic (exact) mass is 1250 g/mol. The van der Waals surface area contributed by atoms with Gasteiger partial charge >= 0.3 is 0 Å². The predicted molar refractivity (Wildman–Crippen MR) is 378 cm³/mol. The summed E-state index contributed by atoms with van der Waals surface area (Å²) in [4.78, 5) is 13.2. The Labute approximate surface area is 547 Å². The molecule has 0 aromatic heterocycles. The molecule has 1 aliphatic rings. The average molecular weight is 1250 g/mol. The highest BCUT2D eigenvalue weighted by Crippen LogP contribution is 2.24. The number of rotatable bonds is 72. The summed E-state index contributed by atoms with van der Waals surface area (Å²) >= 11 is 0. The third kappa shape index (κ3) is 56.5. The van der Waals surface area contributed by atoms with Crippen molar-refractivity contribution >= 4 is 5.91 Å². The Bertz CT molecular complexity index is 1400. The number of ether oxygens (including phenoxy) is 2. The van der Waals surface area contributed by atoms with E-state index in [-0.39, 0.29) is 12.5 Å². The molecule has 1 heterocycles. The lowest BCUT2D eigenvalue weighted by Gasteiger charge is -2.40. The van der Waals surface area contributed by atoms with Gasteiger partial charge in [-0.2, -0.15) is 0 Å². The molecule has 1 saturated heterocycles. The second-order valence-electron chi connectivity index (χ2n) is 28.2. The van der Waals surface area contributed by atoms with E-state index < -0.39 is 49.5 Å². The fourth-order valence-corrected chi connectivity index (χ4v) is 13.4. The number of hydrogen-bond donors (Lipinski definition) is 6. The number of hydrogen-bond acceptors (Lipinski definition) is 8. The van der Waals surface area contributed by atoms with Gasteiger partial charge in [0, 0.05) is 6.42 Å². The topological polar surface area (TPSA) is 149 Å².